The molecular weight excluding hydrogens is 208 g/mol. The number of aliphatic carboxylic acids is 2. The van der Waals surface area contributed by atoms with Gasteiger partial charge in [0.15, 0.2) is 0 Å². The van der Waals surface area contributed by atoms with Gasteiger partial charge in [-0.25, -0.2) is 0 Å². The molecule has 4 nitrogen and oxygen atoms in total. The molecule has 2 bridgehead atoms. The predicted octanol–water partition coefficient (Wildman–Crippen LogP) is 2.38. The van der Waals surface area contributed by atoms with E-state index in [0.29, 0.717) is 25.2 Å². The third-order valence-electron chi connectivity index (χ3n) is 4.14. The van der Waals surface area contributed by atoms with E-state index in [9.17, 15) is 14.7 Å². The minimum atomic E-state index is -0.965. The molecule has 2 aliphatic rings. The van der Waals surface area contributed by atoms with Gasteiger partial charge in [-0.2, -0.15) is 0 Å². The van der Waals surface area contributed by atoms with E-state index in [2.05, 4.69) is 0 Å². The Balaban J connectivity index is 0.00000128. The molecule has 92 valence electrons. The van der Waals surface area contributed by atoms with E-state index in [1.807, 2.05) is 0 Å². The molecule has 0 aromatic heterocycles. The average molecular weight is 228 g/mol. The van der Waals surface area contributed by atoms with Crippen LogP contribution < -0.4 is 0 Å². The molecule has 0 heterocycles. The highest BCUT2D eigenvalue weighted by molar-refractivity contribution is 5.83. The Morgan fingerprint density at radius 2 is 1.81 bits per heavy atom. The second kappa shape index (κ2) is 4.44. The van der Waals surface area contributed by atoms with Crippen LogP contribution in [-0.2, 0) is 9.59 Å². The molecule has 2 N–H and O–H groups in total. The summed E-state index contributed by atoms with van der Waals surface area (Å²) in [7, 11) is 0. The molecule has 16 heavy (non-hydrogen) atoms. The minimum Gasteiger partial charge on any atom is -0.481 e. The average Bonchev–Trinajstić information content (AvgIpc) is 2.17. The standard InChI is InChI=1S/C11H16O4.CH4/c12-9(13)8-4-3-7-2-1-5-11(8,6-7)10(14)15;/h7-8H,1-6H2,(H,12,13)(H,14,15);1H4. The van der Waals surface area contributed by atoms with Crippen LogP contribution in [0.15, 0.2) is 0 Å². The molecule has 0 aliphatic heterocycles. The van der Waals surface area contributed by atoms with Crippen LogP contribution in [0.2, 0.25) is 0 Å². The topological polar surface area (TPSA) is 74.6 Å². The first-order chi connectivity index (χ1) is 7.06. The predicted molar refractivity (Wildman–Crippen MR) is 59.1 cm³/mol. The molecule has 2 aliphatic carbocycles. The van der Waals surface area contributed by atoms with Crippen molar-refractivity contribution in [2.45, 2.75) is 46.0 Å². The Hall–Kier alpha value is -1.06. The van der Waals surface area contributed by atoms with Crippen molar-refractivity contribution >= 4 is 11.9 Å². The molecule has 2 rings (SSSR count). The number of carboxylic acids is 2. The van der Waals surface area contributed by atoms with Crippen LogP contribution >= 0.6 is 0 Å². The third kappa shape index (κ3) is 1.81. The second-order valence-corrected chi connectivity index (χ2v) is 4.89. The summed E-state index contributed by atoms with van der Waals surface area (Å²) in [6, 6.07) is 0. The zero-order valence-electron chi connectivity index (χ0n) is 8.61. The van der Waals surface area contributed by atoms with Crippen LogP contribution in [0.25, 0.3) is 0 Å². The lowest BCUT2D eigenvalue weighted by Crippen LogP contribution is -2.49. The molecule has 4 heteroatoms. The first-order valence-electron chi connectivity index (χ1n) is 5.52. The fraction of sp³-hybridized carbons (Fsp3) is 0.833. The van der Waals surface area contributed by atoms with Crippen LogP contribution in [0, 0.1) is 17.3 Å². The van der Waals surface area contributed by atoms with Crippen molar-refractivity contribution < 1.29 is 19.8 Å². The Kier molecular flexibility index (Phi) is 3.61. The Bertz CT molecular complexity index is 299. The highest BCUT2D eigenvalue weighted by Crippen LogP contribution is 2.52. The van der Waals surface area contributed by atoms with Crippen LogP contribution in [-0.4, -0.2) is 22.2 Å². The Morgan fingerprint density at radius 1 is 1.12 bits per heavy atom. The van der Waals surface area contributed by atoms with E-state index in [1.54, 1.807) is 0 Å². The highest BCUT2D eigenvalue weighted by atomic mass is 16.4. The quantitative estimate of drug-likeness (QED) is 0.761. The van der Waals surface area contributed by atoms with E-state index in [1.165, 1.54) is 0 Å². The van der Waals surface area contributed by atoms with Gasteiger partial charge in [-0.3, -0.25) is 9.59 Å². The zero-order valence-corrected chi connectivity index (χ0v) is 8.61. The number of hydrogen-bond acceptors (Lipinski definition) is 2. The normalized spacial score (nSPS) is 37.2. The summed E-state index contributed by atoms with van der Waals surface area (Å²) in [6.07, 6.45) is 4.45. The van der Waals surface area contributed by atoms with Gasteiger partial charge in [-0.05, 0) is 31.6 Å². The second-order valence-electron chi connectivity index (χ2n) is 4.89. The van der Waals surface area contributed by atoms with Gasteiger partial charge in [-0.15, -0.1) is 0 Å². The van der Waals surface area contributed by atoms with Crippen LogP contribution in [0.3, 0.4) is 0 Å². The Morgan fingerprint density at radius 3 is 2.38 bits per heavy atom. The molecular formula is C12H20O4. The largest absolute Gasteiger partial charge is 0.481 e. The van der Waals surface area contributed by atoms with Crippen molar-refractivity contribution in [3.05, 3.63) is 0 Å². The fourth-order valence-corrected chi connectivity index (χ4v) is 3.37. The van der Waals surface area contributed by atoms with Crippen molar-refractivity contribution in [1.29, 1.82) is 0 Å². The van der Waals surface area contributed by atoms with Gasteiger partial charge >= 0.3 is 11.9 Å². The number of hydrogen-bond donors (Lipinski definition) is 2. The number of rotatable bonds is 2. The summed E-state index contributed by atoms with van der Waals surface area (Å²) in [4.78, 5) is 22.4. The van der Waals surface area contributed by atoms with Crippen molar-refractivity contribution in [1.82, 2.24) is 0 Å². The van der Waals surface area contributed by atoms with E-state index in [4.69, 9.17) is 5.11 Å². The smallest absolute Gasteiger partial charge is 0.310 e. The molecule has 0 spiro atoms. The van der Waals surface area contributed by atoms with Crippen LogP contribution in [0.4, 0.5) is 0 Å². The van der Waals surface area contributed by atoms with Gasteiger partial charge in [0.05, 0.1) is 11.3 Å². The zero-order chi connectivity index (χ0) is 11.1. The summed E-state index contributed by atoms with van der Waals surface area (Å²) < 4.78 is 0. The van der Waals surface area contributed by atoms with E-state index in [-0.39, 0.29) is 7.43 Å². The summed E-state index contributed by atoms with van der Waals surface area (Å²) in [5.41, 5.74) is -0.965. The summed E-state index contributed by atoms with van der Waals surface area (Å²) in [5, 5.41) is 18.4. The Labute approximate surface area is 95.7 Å². The SMILES string of the molecule is C.O=C(O)C1CCC2CCCC1(C(=O)O)C2. The highest BCUT2D eigenvalue weighted by Gasteiger charge is 2.54. The monoisotopic (exact) mass is 228 g/mol. The molecule has 3 unspecified atom stereocenters. The van der Waals surface area contributed by atoms with E-state index in [0.717, 1.165) is 19.3 Å². The van der Waals surface area contributed by atoms with Crippen molar-refractivity contribution in [3.8, 4) is 0 Å². The molecule has 2 saturated carbocycles. The van der Waals surface area contributed by atoms with E-state index >= 15 is 0 Å². The number of fused-ring (bicyclic) bond motifs is 2. The maximum atomic E-state index is 11.3. The van der Waals surface area contributed by atoms with Gasteiger partial charge in [0, 0.05) is 0 Å². The number of carbonyl (C=O) groups is 2. The fourth-order valence-electron chi connectivity index (χ4n) is 3.37. The van der Waals surface area contributed by atoms with Gasteiger partial charge < -0.3 is 10.2 Å². The summed E-state index contributed by atoms with van der Waals surface area (Å²) in [6.45, 7) is 0. The summed E-state index contributed by atoms with van der Waals surface area (Å²) >= 11 is 0. The first kappa shape index (κ1) is 13.0. The lowest BCUT2D eigenvalue weighted by atomic mass is 9.57. The van der Waals surface area contributed by atoms with Crippen molar-refractivity contribution in [2.24, 2.45) is 17.3 Å². The van der Waals surface area contributed by atoms with Crippen molar-refractivity contribution in [2.75, 3.05) is 0 Å². The van der Waals surface area contributed by atoms with Crippen molar-refractivity contribution in [3.63, 3.8) is 0 Å². The van der Waals surface area contributed by atoms with Gasteiger partial charge in [0.2, 0.25) is 0 Å². The lowest BCUT2D eigenvalue weighted by molar-refractivity contribution is -0.171. The maximum absolute atomic E-state index is 11.3. The molecule has 0 aromatic rings. The maximum Gasteiger partial charge on any atom is 0.310 e. The van der Waals surface area contributed by atoms with Crippen LogP contribution in [0.5, 0.6) is 0 Å². The molecule has 2 fully saturated rings. The molecule has 0 aromatic carbocycles. The lowest BCUT2D eigenvalue weighted by Gasteiger charge is -2.45. The number of carboxylic acid groups (broad SMARTS) is 2. The molecule has 0 saturated heterocycles. The van der Waals surface area contributed by atoms with Gasteiger partial charge in [0.1, 0.15) is 0 Å². The molecule has 0 radical (unpaired) electrons. The van der Waals surface area contributed by atoms with E-state index < -0.39 is 23.3 Å². The van der Waals surface area contributed by atoms with Gasteiger partial charge in [-0.1, -0.05) is 20.3 Å². The van der Waals surface area contributed by atoms with Gasteiger partial charge in [0.25, 0.3) is 0 Å². The minimum absolute atomic E-state index is 0. The van der Waals surface area contributed by atoms with Crippen LogP contribution in [0.1, 0.15) is 46.0 Å². The molecule has 0 amide bonds. The molecule has 3 atom stereocenters. The third-order valence-corrected chi connectivity index (χ3v) is 4.14. The first-order valence-corrected chi connectivity index (χ1v) is 5.52. The summed E-state index contributed by atoms with van der Waals surface area (Å²) in [5.74, 6) is -2.07.